The summed E-state index contributed by atoms with van der Waals surface area (Å²) in [6.45, 7) is 3.57. The van der Waals surface area contributed by atoms with Gasteiger partial charge in [0.1, 0.15) is 0 Å². The molecule has 2 N–H and O–H groups in total. The van der Waals surface area contributed by atoms with Gasteiger partial charge >= 0.3 is 0 Å². The molecule has 0 bridgehead atoms. The van der Waals surface area contributed by atoms with Crippen molar-refractivity contribution < 1.29 is 9.59 Å². The van der Waals surface area contributed by atoms with Gasteiger partial charge in [0.15, 0.2) is 0 Å². The maximum atomic E-state index is 12.4. The van der Waals surface area contributed by atoms with E-state index in [0.29, 0.717) is 18.7 Å². The highest BCUT2D eigenvalue weighted by Gasteiger charge is 2.24. The number of likely N-dealkylation sites (tertiary alicyclic amines) is 1. The van der Waals surface area contributed by atoms with Crippen LogP contribution in [0.4, 0.5) is 0 Å². The van der Waals surface area contributed by atoms with Crippen LogP contribution in [0.5, 0.6) is 0 Å². The van der Waals surface area contributed by atoms with Crippen LogP contribution in [-0.2, 0) is 11.3 Å². The molecule has 28 heavy (non-hydrogen) atoms. The van der Waals surface area contributed by atoms with Crippen molar-refractivity contribution in [3.05, 3.63) is 70.7 Å². The monoisotopic (exact) mass is 399 g/mol. The van der Waals surface area contributed by atoms with E-state index in [1.165, 1.54) is 5.56 Å². The number of hydrogen-bond acceptors (Lipinski definition) is 3. The molecule has 2 aromatic rings. The summed E-state index contributed by atoms with van der Waals surface area (Å²) in [5.41, 5.74) is 1.86. The summed E-state index contributed by atoms with van der Waals surface area (Å²) in [4.78, 5) is 26.7. The number of halogens is 1. The van der Waals surface area contributed by atoms with E-state index < -0.39 is 0 Å². The fourth-order valence-corrected chi connectivity index (χ4v) is 3.52. The number of carbonyl (C=O) groups excluding carboxylic acids is 2. The van der Waals surface area contributed by atoms with E-state index in [1.807, 2.05) is 42.5 Å². The van der Waals surface area contributed by atoms with Crippen LogP contribution in [0.15, 0.2) is 54.6 Å². The Hall–Kier alpha value is -2.37. The Morgan fingerprint density at radius 1 is 0.929 bits per heavy atom. The largest absolute Gasteiger partial charge is 0.354 e. The van der Waals surface area contributed by atoms with E-state index >= 15 is 0 Å². The number of piperidine rings is 1. The number of nitrogens with zero attached hydrogens (tertiary/aromatic N) is 1. The van der Waals surface area contributed by atoms with Crippen molar-refractivity contribution in [3.63, 3.8) is 0 Å². The van der Waals surface area contributed by atoms with Crippen LogP contribution in [0.25, 0.3) is 0 Å². The Bertz CT molecular complexity index is 772. The highest BCUT2D eigenvalue weighted by molar-refractivity contribution is 6.30. The van der Waals surface area contributed by atoms with E-state index in [0.717, 1.165) is 37.5 Å². The number of nitrogens with one attached hydrogen (secondary N) is 2. The van der Waals surface area contributed by atoms with Crippen molar-refractivity contribution in [2.24, 2.45) is 5.92 Å². The van der Waals surface area contributed by atoms with E-state index in [4.69, 9.17) is 11.6 Å². The Morgan fingerprint density at radius 3 is 2.25 bits per heavy atom. The zero-order valence-electron chi connectivity index (χ0n) is 15.9. The average Bonchev–Trinajstić information content (AvgIpc) is 2.73. The normalized spacial score (nSPS) is 15.2. The third kappa shape index (κ3) is 6.08. The summed E-state index contributed by atoms with van der Waals surface area (Å²) < 4.78 is 0. The molecule has 5 nitrogen and oxygen atoms in total. The van der Waals surface area contributed by atoms with Gasteiger partial charge in [0, 0.05) is 36.1 Å². The molecule has 1 saturated heterocycles. The molecule has 1 aliphatic heterocycles. The Balaban J connectivity index is 1.32. The lowest BCUT2D eigenvalue weighted by Gasteiger charge is -2.31. The van der Waals surface area contributed by atoms with Crippen LogP contribution in [0.1, 0.15) is 28.8 Å². The minimum absolute atomic E-state index is 0.0475. The summed E-state index contributed by atoms with van der Waals surface area (Å²) in [7, 11) is 0. The predicted molar refractivity (Wildman–Crippen MR) is 111 cm³/mol. The number of amides is 2. The van der Waals surface area contributed by atoms with Crippen LogP contribution in [-0.4, -0.2) is 42.9 Å². The molecule has 0 unspecified atom stereocenters. The smallest absolute Gasteiger partial charge is 0.251 e. The SMILES string of the molecule is O=C(NCCNC(=O)C1CCN(Cc2ccc(Cl)cc2)CC1)c1ccccc1. The van der Waals surface area contributed by atoms with E-state index in [-0.39, 0.29) is 17.7 Å². The third-order valence-electron chi connectivity index (χ3n) is 5.02. The van der Waals surface area contributed by atoms with Crippen molar-refractivity contribution in [3.8, 4) is 0 Å². The molecule has 3 rings (SSSR count). The third-order valence-corrected chi connectivity index (χ3v) is 5.28. The van der Waals surface area contributed by atoms with Crippen LogP contribution in [0.2, 0.25) is 5.02 Å². The number of benzene rings is 2. The lowest BCUT2D eigenvalue weighted by Crippen LogP contribution is -2.42. The zero-order chi connectivity index (χ0) is 19.8. The first-order chi connectivity index (χ1) is 13.6. The van der Waals surface area contributed by atoms with Gasteiger partial charge in [0.2, 0.25) is 5.91 Å². The minimum Gasteiger partial charge on any atom is -0.354 e. The molecular formula is C22H26ClN3O2. The van der Waals surface area contributed by atoms with E-state index in [1.54, 1.807) is 12.1 Å². The van der Waals surface area contributed by atoms with E-state index in [9.17, 15) is 9.59 Å². The molecule has 0 radical (unpaired) electrons. The van der Waals surface area contributed by atoms with Crippen molar-refractivity contribution >= 4 is 23.4 Å². The topological polar surface area (TPSA) is 61.4 Å². The average molecular weight is 400 g/mol. The molecule has 1 heterocycles. The van der Waals surface area contributed by atoms with Gasteiger partial charge in [-0.1, -0.05) is 41.9 Å². The molecule has 0 atom stereocenters. The van der Waals surface area contributed by atoms with Gasteiger partial charge in [-0.2, -0.15) is 0 Å². The van der Waals surface area contributed by atoms with Crippen molar-refractivity contribution in [2.75, 3.05) is 26.2 Å². The predicted octanol–water partition coefficient (Wildman–Crippen LogP) is 3.10. The fourth-order valence-electron chi connectivity index (χ4n) is 3.40. The molecule has 0 spiro atoms. The van der Waals surface area contributed by atoms with Gasteiger partial charge in [-0.3, -0.25) is 14.5 Å². The number of rotatable bonds is 7. The van der Waals surface area contributed by atoms with Crippen molar-refractivity contribution in [1.29, 1.82) is 0 Å². The summed E-state index contributed by atoms with van der Waals surface area (Å²) in [5.74, 6) is 0.0109. The van der Waals surface area contributed by atoms with Crippen molar-refractivity contribution in [2.45, 2.75) is 19.4 Å². The minimum atomic E-state index is -0.120. The molecule has 148 valence electrons. The first-order valence-electron chi connectivity index (χ1n) is 9.69. The van der Waals surface area contributed by atoms with Gasteiger partial charge < -0.3 is 10.6 Å². The second-order valence-corrected chi connectivity index (χ2v) is 7.53. The second-order valence-electron chi connectivity index (χ2n) is 7.09. The first kappa shape index (κ1) is 20.4. The lowest BCUT2D eigenvalue weighted by molar-refractivity contribution is -0.126. The van der Waals surface area contributed by atoms with Gasteiger partial charge in [-0.05, 0) is 55.8 Å². The lowest BCUT2D eigenvalue weighted by atomic mass is 9.95. The van der Waals surface area contributed by atoms with Gasteiger partial charge in [-0.25, -0.2) is 0 Å². The molecule has 1 fully saturated rings. The maximum Gasteiger partial charge on any atom is 0.251 e. The molecule has 0 saturated carbocycles. The van der Waals surface area contributed by atoms with Crippen LogP contribution in [0.3, 0.4) is 0 Å². The second kappa shape index (κ2) is 10.2. The van der Waals surface area contributed by atoms with Crippen molar-refractivity contribution in [1.82, 2.24) is 15.5 Å². The first-order valence-corrected chi connectivity index (χ1v) is 10.1. The van der Waals surface area contributed by atoms with Gasteiger partial charge in [-0.15, -0.1) is 0 Å². The molecule has 1 aliphatic rings. The highest BCUT2D eigenvalue weighted by Crippen LogP contribution is 2.20. The molecule has 6 heteroatoms. The van der Waals surface area contributed by atoms with Crippen LogP contribution in [0, 0.1) is 5.92 Å². The molecular weight excluding hydrogens is 374 g/mol. The van der Waals surface area contributed by atoms with Crippen LogP contribution < -0.4 is 10.6 Å². The maximum absolute atomic E-state index is 12.4. The van der Waals surface area contributed by atoms with Gasteiger partial charge in [0.05, 0.1) is 0 Å². The molecule has 2 aromatic carbocycles. The number of carbonyl (C=O) groups is 2. The Labute approximate surface area is 171 Å². The van der Waals surface area contributed by atoms with E-state index in [2.05, 4.69) is 15.5 Å². The summed E-state index contributed by atoms with van der Waals surface area (Å²) in [5, 5.41) is 6.52. The van der Waals surface area contributed by atoms with Gasteiger partial charge in [0.25, 0.3) is 5.91 Å². The molecule has 0 aliphatic carbocycles. The summed E-state index contributed by atoms with van der Waals surface area (Å²) >= 11 is 5.93. The quantitative estimate of drug-likeness (QED) is 0.703. The highest BCUT2D eigenvalue weighted by atomic mass is 35.5. The number of hydrogen-bond donors (Lipinski definition) is 2. The summed E-state index contributed by atoms with van der Waals surface area (Å²) in [6, 6.07) is 17.0. The Kier molecular flexibility index (Phi) is 7.46. The zero-order valence-corrected chi connectivity index (χ0v) is 16.6. The molecule has 0 aromatic heterocycles. The Morgan fingerprint density at radius 2 is 1.57 bits per heavy atom. The van der Waals surface area contributed by atoms with Crippen LogP contribution >= 0.6 is 11.6 Å². The summed E-state index contributed by atoms with van der Waals surface area (Å²) in [6.07, 6.45) is 1.71. The molecule has 2 amide bonds. The fraction of sp³-hybridized carbons (Fsp3) is 0.364. The standard InChI is InChI=1S/C22H26ClN3O2/c23-20-8-6-17(7-9-20)16-26-14-10-19(11-15-26)22(28)25-13-12-24-21(27)18-4-2-1-3-5-18/h1-9,19H,10-16H2,(H,24,27)(H,25,28).